The van der Waals surface area contributed by atoms with Gasteiger partial charge >= 0.3 is 5.97 Å². The number of aliphatic carboxylic acids is 1. The molecule has 2 aliphatic rings. The molecule has 0 bridgehead atoms. The van der Waals surface area contributed by atoms with Crippen LogP contribution in [0, 0.1) is 6.92 Å². The summed E-state index contributed by atoms with van der Waals surface area (Å²) in [5.41, 5.74) is 7.74. The predicted molar refractivity (Wildman–Crippen MR) is 125 cm³/mol. The number of hydrogen-bond acceptors (Lipinski definition) is 8. The maximum absolute atomic E-state index is 12.9. The van der Waals surface area contributed by atoms with E-state index in [2.05, 4.69) is 20.5 Å². The summed E-state index contributed by atoms with van der Waals surface area (Å²) >= 11 is 2.82. The molecule has 5 N–H and O–H groups in total. The monoisotopic (exact) mass is 488 g/mol. The molecule has 2 unspecified atom stereocenters. The van der Waals surface area contributed by atoms with E-state index < -0.39 is 23.3 Å². The highest BCUT2D eigenvalue weighted by atomic mass is 32.2. The summed E-state index contributed by atoms with van der Waals surface area (Å²) < 4.78 is 0. The Labute approximate surface area is 198 Å². The predicted octanol–water partition coefficient (Wildman–Crippen LogP) is 1.55. The second kappa shape index (κ2) is 9.48. The number of para-hydroxylation sites is 1. The third kappa shape index (κ3) is 4.58. The van der Waals surface area contributed by atoms with Gasteiger partial charge in [0.15, 0.2) is 0 Å². The van der Waals surface area contributed by atoms with Gasteiger partial charge in [0.25, 0.3) is 5.91 Å². The summed E-state index contributed by atoms with van der Waals surface area (Å²) in [4.78, 5) is 43.2. The lowest BCUT2D eigenvalue weighted by Crippen LogP contribution is -2.70. The molecular weight excluding hydrogens is 464 g/mol. The number of fused-ring (bicyclic) bond motifs is 1. The fraction of sp³-hybridized carbons (Fsp3) is 0.381. The molecule has 0 spiro atoms. The van der Waals surface area contributed by atoms with E-state index in [0.29, 0.717) is 40.0 Å². The minimum Gasteiger partial charge on any atom is -0.477 e. The van der Waals surface area contributed by atoms with Gasteiger partial charge in [-0.1, -0.05) is 36.9 Å². The average molecular weight is 489 g/mol. The minimum absolute atomic E-state index is 0.00633. The molecule has 0 radical (unpaired) electrons. The zero-order valence-electron chi connectivity index (χ0n) is 18.1. The first-order valence-corrected chi connectivity index (χ1v) is 12.3. The van der Waals surface area contributed by atoms with E-state index in [9.17, 15) is 19.5 Å². The summed E-state index contributed by atoms with van der Waals surface area (Å²) in [6, 6.07) is 6.27. The second-order valence-corrected chi connectivity index (χ2v) is 10.0. The number of aryl methyl sites for hydroxylation is 1. The average Bonchev–Trinajstić information content (AvgIpc) is 3.21. The fourth-order valence-corrected chi connectivity index (χ4v) is 6.46. The third-order valence-electron chi connectivity index (χ3n) is 5.51. The zero-order valence-corrected chi connectivity index (χ0v) is 19.7. The molecule has 1 aromatic carbocycles. The van der Waals surface area contributed by atoms with Crippen molar-refractivity contribution >= 4 is 47.0 Å². The number of carboxylic acid groups (broad SMARTS) is 1. The highest BCUT2D eigenvalue weighted by molar-refractivity contribution is 8.01. The van der Waals surface area contributed by atoms with Crippen molar-refractivity contribution in [1.82, 2.24) is 25.4 Å². The van der Waals surface area contributed by atoms with E-state index in [0.717, 1.165) is 0 Å². The minimum atomic E-state index is -1.16. The summed E-state index contributed by atoms with van der Waals surface area (Å²) in [7, 11) is 0. The molecule has 2 aromatic rings. The van der Waals surface area contributed by atoms with Crippen molar-refractivity contribution in [2.24, 2.45) is 0 Å². The van der Waals surface area contributed by atoms with Crippen molar-refractivity contribution in [3.05, 3.63) is 46.9 Å². The number of thioether (sulfide) groups is 2. The van der Waals surface area contributed by atoms with Crippen molar-refractivity contribution in [2.75, 3.05) is 11.5 Å². The van der Waals surface area contributed by atoms with Gasteiger partial charge in [0.2, 0.25) is 11.1 Å². The molecule has 0 saturated carbocycles. The Hall–Kier alpha value is -2.99. The van der Waals surface area contributed by atoms with Gasteiger partial charge in [0.1, 0.15) is 22.9 Å². The fourth-order valence-electron chi connectivity index (χ4n) is 3.89. The summed E-state index contributed by atoms with van der Waals surface area (Å²) in [6.45, 7) is 3.75. The van der Waals surface area contributed by atoms with Crippen LogP contribution in [0.1, 0.15) is 24.7 Å². The number of nitrogens with one attached hydrogen (secondary N) is 2. The number of aromatic nitrogens is 3. The van der Waals surface area contributed by atoms with Crippen LogP contribution in [0.15, 0.2) is 40.7 Å². The summed E-state index contributed by atoms with van der Waals surface area (Å²) in [5.74, 6) is -0.809. The maximum atomic E-state index is 12.9. The molecule has 33 heavy (non-hydrogen) atoms. The van der Waals surface area contributed by atoms with Crippen LogP contribution in [0.25, 0.3) is 0 Å². The molecule has 2 aliphatic heterocycles. The third-order valence-corrected chi connectivity index (χ3v) is 8.10. The first-order valence-electron chi connectivity index (χ1n) is 10.4. The van der Waals surface area contributed by atoms with E-state index in [4.69, 9.17) is 5.73 Å². The van der Waals surface area contributed by atoms with Gasteiger partial charge in [0, 0.05) is 16.7 Å². The highest BCUT2D eigenvalue weighted by Crippen LogP contribution is 2.44. The lowest BCUT2D eigenvalue weighted by atomic mass is 10.00. The molecule has 174 valence electrons. The largest absolute Gasteiger partial charge is 0.477 e. The Bertz CT molecular complexity index is 1130. The van der Waals surface area contributed by atoms with Gasteiger partial charge in [-0.2, -0.15) is 0 Å². The van der Waals surface area contributed by atoms with Crippen molar-refractivity contribution in [2.45, 2.75) is 48.5 Å². The molecule has 1 saturated heterocycles. The number of hydrogen-bond donors (Lipinski definition) is 4. The molecular formula is C21H24N6O4S2. The zero-order chi connectivity index (χ0) is 23.7. The first-order chi connectivity index (χ1) is 15.8. The van der Waals surface area contributed by atoms with E-state index >= 15 is 0 Å². The number of amides is 2. The number of carbonyl (C=O) groups is 3. The quantitative estimate of drug-likeness (QED) is 0.246. The summed E-state index contributed by atoms with van der Waals surface area (Å²) in [5, 5.41) is 19.5. The number of nitrogens with two attached hydrogens (primary N) is 1. The smallest absolute Gasteiger partial charge is 0.352 e. The molecule has 2 amide bonds. The Morgan fingerprint density at radius 3 is 2.82 bits per heavy atom. The van der Waals surface area contributed by atoms with Crippen LogP contribution in [0.5, 0.6) is 0 Å². The van der Waals surface area contributed by atoms with Crippen LogP contribution >= 0.6 is 23.5 Å². The molecule has 3 heterocycles. The Balaban J connectivity index is 1.50. The topological polar surface area (TPSA) is 154 Å². The maximum Gasteiger partial charge on any atom is 0.352 e. The number of H-pyrrole nitrogens is 1. The standard InChI is InChI=1S/C21H24N6O4S2/c1-3-14(33-21-23-10(2)25-26-21)12-9-32-19-16(18(29)27(19)17(12)20(30)31)24-15(28)8-11-6-4-5-7-13(11)22/h4-7,14,16,19H,3,8-9,22H2,1-2H3,(H,24,28)(H,30,31)(H,23,25,26)/t14?,16?,19-/m0/s1. The van der Waals surface area contributed by atoms with Gasteiger partial charge in [-0.15, -0.1) is 16.9 Å². The number of carbonyl (C=O) groups excluding carboxylic acids is 2. The number of anilines is 1. The lowest BCUT2D eigenvalue weighted by Gasteiger charge is -2.50. The van der Waals surface area contributed by atoms with Crippen LogP contribution < -0.4 is 11.1 Å². The van der Waals surface area contributed by atoms with Crippen LogP contribution in [0.4, 0.5) is 5.69 Å². The number of nitrogen functional groups attached to an aromatic ring is 1. The van der Waals surface area contributed by atoms with Crippen molar-refractivity contribution < 1.29 is 19.5 Å². The lowest BCUT2D eigenvalue weighted by molar-refractivity contribution is -0.150. The molecule has 10 nitrogen and oxygen atoms in total. The van der Waals surface area contributed by atoms with Gasteiger partial charge in [-0.3, -0.25) is 19.6 Å². The van der Waals surface area contributed by atoms with Gasteiger partial charge in [0.05, 0.1) is 6.42 Å². The number of nitrogens with zero attached hydrogens (tertiary/aromatic N) is 3. The van der Waals surface area contributed by atoms with E-state index in [1.165, 1.54) is 28.4 Å². The van der Waals surface area contributed by atoms with E-state index in [1.807, 2.05) is 6.92 Å². The molecule has 1 fully saturated rings. The van der Waals surface area contributed by atoms with Crippen LogP contribution in [0.2, 0.25) is 0 Å². The molecule has 12 heteroatoms. The number of β-lactam (4-membered cyclic amide) rings is 1. The molecule has 1 aromatic heterocycles. The number of carboxylic acids is 1. The molecule has 3 atom stereocenters. The Morgan fingerprint density at radius 2 is 2.18 bits per heavy atom. The van der Waals surface area contributed by atoms with Gasteiger partial charge in [-0.05, 0) is 30.5 Å². The van der Waals surface area contributed by atoms with Crippen molar-refractivity contribution in [1.29, 1.82) is 0 Å². The van der Waals surface area contributed by atoms with Gasteiger partial charge in [-0.25, -0.2) is 9.78 Å². The number of aromatic amines is 1. The van der Waals surface area contributed by atoms with E-state index in [-0.39, 0.29) is 23.3 Å². The summed E-state index contributed by atoms with van der Waals surface area (Å²) in [6.07, 6.45) is 0.696. The Morgan fingerprint density at radius 1 is 1.42 bits per heavy atom. The number of benzene rings is 1. The SMILES string of the molecule is CCC(Sc1n[nH]c(C)n1)C1=C(C(=O)O)N2C(=O)C(NC(=O)Cc3ccccc3N)[C@@H]2SC1. The molecule has 4 rings (SSSR count). The first kappa shape index (κ1) is 23.2. The highest BCUT2D eigenvalue weighted by Gasteiger charge is 2.54. The molecule has 0 aliphatic carbocycles. The van der Waals surface area contributed by atoms with Crippen LogP contribution in [-0.4, -0.2) is 65.4 Å². The van der Waals surface area contributed by atoms with Crippen molar-refractivity contribution in [3.8, 4) is 0 Å². The second-order valence-electron chi connectivity index (χ2n) is 7.73. The Kier molecular flexibility index (Phi) is 6.66. The van der Waals surface area contributed by atoms with Gasteiger partial charge < -0.3 is 16.2 Å². The van der Waals surface area contributed by atoms with Crippen LogP contribution in [-0.2, 0) is 20.8 Å². The van der Waals surface area contributed by atoms with Crippen LogP contribution in [0.3, 0.4) is 0 Å². The van der Waals surface area contributed by atoms with Crippen molar-refractivity contribution in [3.63, 3.8) is 0 Å². The number of rotatable bonds is 8. The normalized spacial score (nSPS) is 20.8. The van der Waals surface area contributed by atoms with E-state index in [1.54, 1.807) is 31.2 Å².